The molecule has 0 bridgehead atoms. The number of amides is 2. The van der Waals surface area contributed by atoms with E-state index in [1.807, 2.05) is 0 Å². The van der Waals surface area contributed by atoms with Crippen molar-refractivity contribution in [3.63, 3.8) is 0 Å². The molecule has 11 N–H and O–H groups in total. The van der Waals surface area contributed by atoms with Crippen LogP contribution in [0.3, 0.4) is 0 Å². The fraction of sp³-hybridized carbons (Fsp3) is 0.636. The predicted molar refractivity (Wildman–Crippen MR) is 135 cm³/mol. The zero-order valence-corrected chi connectivity index (χ0v) is 22.1. The summed E-state index contributed by atoms with van der Waals surface area (Å²) in [6, 6.07) is -3.10. The highest BCUT2D eigenvalue weighted by molar-refractivity contribution is 6.03. The molecule has 0 aliphatic heterocycles. The number of hydrogen-bond donors (Lipinski definition) is 8. The number of aliphatic carboxylic acids is 5. The number of rotatable bonds is 24. The van der Waals surface area contributed by atoms with Crippen LogP contribution < -0.4 is 17.2 Å². The molecule has 0 aromatic carbocycles. The van der Waals surface area contributed by atoms with Crippen LogP contribution in [0.15, 0.2) is 0 Å². The number of nitrogens with zero attached hydrogens (tertiary/aromatic N) is 3. The third-order valence-electron chi connectivity index (χ3n) is 5.78. The lowest BCUT2D eigenvalue weighted by molar-refractivity contribution is -0.148. The molecular weight excluding hydrogens is 556 g/mol. The fourth-order valence-corrected chi connectivity index (χ4v) is 3.86. The predicted octanol–water partition coefficient (Wildman–Crippen LogP) is -4.66. The second-order valence-electron chi connectivity index (χ2n) is 9.09. The van der Waals surface area contributed by atoms with Crippen LogP contribution in [0, 0.1) is 5.92 Å². The Kier molecular flexibility index (Phi) is 16.3. The summed E-state index contributed by atoms with van der Waals surface area (Å²) < 4.78 is 0. The Balaban J connectivity index is 6.21. The van der Waals surface area contributed by atoms with E-state index >= 15 is 0 Å². The summed E-state index contributed by atoms with van der Waals surface area (Å²) in [5.74, 6) is -11.9. The van der Waals surface area contributed by atoms with Crippen LogP contribution >= 0.6 is 0 Å². The first-order valence-corrected chi connectivity index (χ1v) is 12.1. The largest absolute Gasteiger partial charge is 0.480 e. The van der Waals surface area contributed by atoms with Gasteiger partial charge in [0, 0.05) is 32.6 Å². The second kappa shape index (κ2) is 18.2. The van der Waals surface area contributed by atoms with Crippen LogP contribution in [0.2, 0.25) is 0 Å². The van der Waals surface area contributed by atoms with Crippen LogP contribution in [0.4, 0.5) is 0 Å². The molecule has 2 amide bonds. The minimum absolute atomic E-state index is 0.252. The van der Waals surface area contributed by atoms with E-state index in [9.17, 15) is 43.5 Å². The number of ketones is 1. The van der Waals surface area contributed by atoms with E-state index in [1.165, 1.54) is 0 Å². The van der Waals surface area contributed by atoms with E-state index in [2.05, 4.69) is 0 Å². The molecule has 0 saturated heterocycles. The lowest BCUT2D eigenvalue weighted by Crippen LogP contribution is -2.52. The number of Topliss-reactive ketones (excluding diaryl/α,β-unsaturated/α-hetero) is 1. The molecule has 19 nitrogen and oxygen atoms in total. The van der Waals surface area contributed by atoms with Gasteiger partial charge in [0.25, 0.3) is 0 Å². The van der Waals surface area contributed by atoms with E-state index in [-0.39, 0.29) is 39.0 Å². The highest BCUT2D eigenvalue weighted by atomic mass is 16.4. The standard InChI is InChI=1S/C22H36N6O13/c23-13(1-2-15(24)29)20(38)12(21(25)39)7-14(22(40)41)28(5-3-26(8-16(30)31)9-17(32)33)6-4-27(10-18(34)35)11-19(36)37/h12-14H,1-11,23H2,(H2,24,29)(H2,25,39)(H,30,31)(H,32,33)(H,34,35)(H,36,37)(H,40,41)/t12?,13-,14-/m0/s1. The van der Waals surface area contributed by atoms with Crippen LogP contribution in [0.1, 0.15) is 19.3 Å². The Labute approximate surface area is 233 Å². The molecule has 0 aliphatic carbocycles. The molecule has 0 rings (SSSR count). The van der Waals surface area contributed by atoms with Gasteiger partial charge >= 0.3 is 29.8 Å². The van der Waals surface area contributed by atoms with Crippen LogP contribution in [0.25, 0.3) is 0 Å². The Morgan fingerprint density at radius 3 is 1.32 bits per heavy atom. The normalized spacial score (nSPS) is 13.5. The van der Waals surface area contributed by atoms with Crippen molar-refractivity contribution in [2.75, 3.05) is 52.4 Å². The van der Waals surface area contributed by atoms with Crippen molar-refractivity contribution in [2.24, 2.45) is 23.1 Å². The maximum atomic E-state index is 12.8. The van der Waals surface area contributed by atoms with Gasteiger partial charge in [0.1, 0.15) is 6.04 Å². The number of carbonyl (C=O) groups excluding carboxylic acids is 3. The Bertz CT molecular complexity index is 919. The van der Waals surface area contributed by atoms with Crippen molar-refractivity contribution < 1.29 is 63.9 Å². The smallest absolute Gasteiger partial charge is 0.320 e. The zero-order valence-electron chi connectivity index (χ0n) is 22.1. The first-order valence-electron chi connectivity index (χ1n) is 12.1. The van der Waals surface area contributed by atoms with Crippen LogP contribution in [-0.4, -0.2) is 152 Å². The molecule has 19 heteroatoms. The minimum Gasteiger partial charge on any atom is -0.480 e. The molecule has 3 atom stereocenters. The molecular formula is C22H36N6O13. The molecule has 1 unspecified atom stereocenters. The van der Waals surface area contributed by atoms with Crippen molar-refractivity contribution in [3.8, 4) is 0 Å². The molecule has 0 aromatic rings. The zero-order chi connectivity index (χ0) is 31.9. The average Bonchev–Trinajstić information content (AvgIpc) is 2.81. The summed E-state index contributed by atoms with van der Waals surface area (Å²) in [6.07, 6.45) is -1.31. The van der Waals surface area contributed by atoms with Gasteiger partial charge < -0.3 is 42.7 Å². The van der Waals surface area contributed by atoms with E-state index in [0.717, 1.165) is 14.7 Å². The number of hydrogen-bond acceptors (Lipinski definition) is 12. The van der Waals surface area contributed by atoms with Gasteiger partial charge in [-0.2, -0.15) is 0 Å². The van der Waals surface area contributed by atoms with E-state index in [1.54, 1.807) is 0 Å². The molecule has 0 spiro atoms. The molecule has 0 saturated carbocycles. The maximum Gasteiger partial charge on any atom is 0.320 e. The van der Waals surface area contributed by atoms with Gasteiger partial charge in [-0.05, 0) is 12.8 Å². The molecule has 0 radical (unpaired) electrons. The summed E-state index contributed by atoms with van der Waals surface area (Å²) in [7, 11) is 0. The van der Waals surface area contributed by atoms with E-state index in [0.29, 0.717) is 0 Å². The number of carboxylic acid groups (broad SMARTS) is 5. The summed E-state index contributed by atoms with van der Waals surface area (Å²) in [5, 5.41) is 46.3. The summed E-state index contributed by atoms with van der Waals surface area (Å²) >= 11 is 0. The van der Waals surface area contributed by atoms with Crippen LogP contribution in [-0.2, 0) is 38.4 Å². The minimum atomic E-state index is -1.76. The molecule has 41 heavy (non-hydrogen) atoms. The number of carbonyl (C=O) groups is 8. The Morgan fingerprint density at radius 1 is 0.634 bits per heavy atom. The summed E-state index contributed by atoms with van der Waals surface area (Å²) in [6.45, 7) is -4.35. The van der Waals surface area contributed by atoms with Crippen molar-refractivity contribution in [2.45, 2.75) is 31.3 Å². The van der Waals surface area contributed by atoms with Crippen molar-refractivity contribution in [1.29, 1.82) is 0 Å². The molecule has 0 fully saturated rings. The van der Waals surface area contributed by atoms with E-state index in [4.69, 9.17) is 37.6 Å². The lowest BCUT2D eigenvalue weighted by Gasteiger charge is -2.33. The second-order valence-corrected chi connectivity index (χ2v) is 9.09. The number of primary amides is 2. The Hall–Kier alpha value is -4.20. The molecule has 232 valence electrons. The van der Waals surface area contributed by atoms with Gasteiger partial charge in [0.2, 0.25) is 11.8 Å². The van der Waals surface area contributed by atoms with Gasteiger partial charge in [-0.15, -0.1) is 0 Å². The molecule has 0 aliphatic rings. The summed E-state index contributed by atoms with van der Waals surface area (Å²) in [5.41, 5.74) is 16.1. The van der Waals surface area contributed by atoms with Crippen LogP contribution in [0.5, 0.6) is 0 Å². The monoisotopic (exact) mass is 592 g/mol. The first-order chi connectivity index (χ1) is 18.9. The van der Waals surface area contributed by atoms with Gasteiger partial charge in [-0.25, -0.2) is 0 Å². The van der Waals surface area contributed by atoms with Gasteiger partial charge in [0.05, 0.1) is 38.1 Å². The third kappa shape index (κ3) is 15.8. The average molecular weight is 593 g/mol. The number of nitrogens with two attached hydrogens (primary N) is 3. The Morgan fingerprint density at radius 2 is 1.02 bits per heavy atom. The molecule has 0 heterocycles. The van der Waals surface area contributed by atoms with Gasteiger partial charge in [-0.1, -0.05) is 0 Å². The van der Waals surface area contributed by atoms with Gasteiger partial charge in [-0.3, -0.25) is 53.1 Å². The quantitative estimate of drug-likeness (QED) is 0.0488. The van der Waals surface area contributed by atoms with E-state index < -0.39 is 98.0 Å². The van der Waals surface area contributed by atoms with Crippen molar-refractivity contribution >= 4 is 47.4 Å². The topological polar surface area (TPSA) is 325 Å². The highest BCUT2D eigenvalue weighted by Gasteiger charge is 2.37. The van der Waals surface area contributed by atoms with Crippen molar-refractivity contribution in [1.82, 2.24) is 14.7 Å². The fourth-order valence-electron chi connectivity index (χ4n) is 3.86. The lowest BCUT2D eigenvalue weighted by atomic mass is 9.88. The van der Waals surface area contributed by atoms with Gasteiger partial charge in [0.15, 0.2) is 5.78 Å². The van der Waals surface area contributed by atoms with Crippen molar-refractivity contribution in [3.05, 3.63) is 0 Å². The highest BCUT2D eigenvalue weighted by Crippen LogP contribution is 2.17. The maximum absolute atomic E-state index is 12.8. The number of carboxylic acids is 5. The first kappa shape index (κ1) is 36.8. The third-order valence-corrected chi connectivity index (χ3v) is 5.78. The summed E-state index contributed by atoms with van der Waals surface area (Å²) in [4.78, 5) is 96.0. The SMILES string of the molecule is NC(=O)CC[C@H](N)C(=O)C(C[C@@H](C(=O)O)N(CCN(CC(=O)O)CC(=O)O)CCN(CC(=O)O)CC(=O)O)C(N)=O. The molecule has 0 aromatic heterocycles.